The number of aromatic amines is 1. The van der Waals surface area contributed by atoms with Gasteiger partial charge < -0.3 is 34.6 Å². The minimum absolute atomic E-state index is 0.136. The van der Waals surface area contributed by atoms with Crippen molar-refractivity contribution < 1.29 is 57.1 Å². The Balaban J connectivity index is 1.59. The highest BCUT2D eigenvalue weighted by Crippen LogP contribution is 2.61. The summed E-state index contributed by atoms with van der Waals surface area (Å²) >= 11 is 0. The second-order valence-electron chi connectivity index (χ2n) is 8.01. The summed E-state index contributed by atoms with van der Waals surface area (Å²) in [6.45, 7) is 5.44. The van der Waals surface area contributed by atoms with E-state index >= 15 is 0 Å². The fourth-order valence-corrected chi connectivity index (χ4v) is 5.55. The third-order valence-electron chi connectivity index (χ3n) is 5.32. The number of aliphatic hydroxyl groups is 3. The molecule has 0 saturated carbocycles. The van der Waals surface area contributed by atoms with Crippen molar-refractivity contribution in [3.05, 3.63) is 44.8 Å². The van der Waals surface area contributed by atoms with E-state index in [0.29, 0.717) is 0 Å². The van der Waals surface area contributed by atoms with Gasteiger partial charge in [0.1, 0.15) is 24.5 Å². The summed E-state index contributed by atoms with van der Waals surface area (Å²) in [5.74, 6) is 0. The zero-order valence-corrected chi connectivity index (χ0v) is 20.3. The molecule has 198 valence electrons. The van der Waals surface area contributed by atoms with Gasteiger partial charge in [-0.2, -0.15) is 4.31 Å². The number of rotatable bonds is 8. The van der Waals surface area contributed by atoms with Gasteiger partial charge in [-0.1, -0.05) is 6.58 Å². The van der Waals surface area contributed by atoms with Gasteiger partial charge in [0.25, 0.3) is 5.56 Å². The molecule has 0 bridgehead atoms. The lowest BCUT2D eigenvalue weighted by atomic mass is 9.98. The minimum Gasteiger partial charge on any atom is -0.390 e. The number of nitrogens with zero attached hydrogens (tertiary/aromatic N) is 1. The predicted octanol–water partition coefficient (Wildman–Crippen LogP) is -1.23. The van der Waals surface area contributed by atoms with Gasteiger partial charge in [0, 0.05) is 18.2 Å². The van der Waals surface area contributed by atoms with E-state index in [2.05, 4.69) is 24.9 Å². The standard InChI is InChI=1S/C17H26N2O14P2/c1-7-5-19(17(24)18-15(7)23)12-4-10(20)11(31-12)6-29-34(25,26)33-35(27,28)32-16-14(22)8(2)13(21)9(3)30-16/h5,9-14,16,20-22H,2,4,6H2,1,3H3,(H,25,26)(H,27,28)(H,18,23,24)/t9-,10+,11-,12-,13+,14-,16-/m1/s1. The Kier molecular flexibility index (Phi) is 8.38. The van der Waals surface area contributed by atoms with E-state index in [1.807, 2.05) is 0 Å². The topological polar surface area (TPSA) is 236 Å². The van der Waals surface area contributed by atoms with Crippen LogP contribution in [-0.2, 0) is 32.0 Å². The first-order valence-electron chi connectivity index (χ1n) is 10.2. The molecule has 0 aliphatic carbocycles. The van der Waals surface area contributed by atoms with Crippen molar-refractivity contribution in [2.24, 2.45) is 0 Å². The Morgan fingerprint density at radius 3 is 2.49 bits per heavy atom. The molecule has 6 N–H and O–H groups in total. The lowest BCUT2D eigenvalue weighted by Crippen LogP contribution is -2.48. The Labute approximate surface area is 197 Å². The lowest BCUT2D eigenvalue weighted by molar-refractivity contribution is -0.209. The number of hydrogen-bond acceptors (Lipinski definition) is 12. The maximum atomic E-state index is 12.2. The van der Waals surface area contributed by atoms with Gasteiger partial charge in [-0.25, -0.2) is 13.9 Å². The number of hydrogen-bond donors (Lipinski definition) is 6. The predicted molar refractivity (Wildman–Crippen MR) is 114 cm³/mol. The molecule has 9 atom stereocenters. The molecule has 0 amide bonds. The van der Waals surface area contributed by atoms with Gasteiger partial charge in [-0.15, -0.1) is 0 Å². The van der Waals surface area contributed by atoms with Crippen LogP contribution in [0.15, 0.2) is 27.9 Å². The zero-order valence-electron chi connectivity index (χ0n) is 18.5. The fourth-order valence-electron chi connectivity index (χ4n) is 3.40. The second kappa shape index (κ2) is 10.5. The molecular formula is C17H26N2O14P2. The number of aromatic nitrogens is 2. The van der Waals surface area contributed by atoms with Crippen molar-refractivity contribution in [3.63, 3.8) is 0 Å². The third kappa shape index (κ3) is 6.63. The number of phosphoric acid groups is 2. The van der Waals surface area contributed by atoms with Crippen molar-refractivity contribution in [3.8, 4) is 0 Å². The Morgan fingerprint density at radius 1 is 1.17 bits per heavy atom. The molecule has 18 heteroatoms. The van der Waals surface area contributed by atoms with Gasteiger partial charge in [-0.05, 0) is 19.4 Å². The van der Waals surface area contributed by atoms with Crippen LogP contribution in [0.5, 0.6) is 0 Å². The summed E-state index contributed by atoms with van der Waals surface area (Å²) in [7, 11) is -10.7. The summed E-state index contributed by atoms with van der Waals surface area (Å²) in [4.78, 5) is 45.3. The van der Waals surface area contributed by atoms with E-state index in [0.717, 1.165) is 4.57 Å². The van der Waals surface area contributed by atoms with Crippen molar-refractivity contribution in [1.29, 1.82) is 0 Å². The van der Waals surface area contributed by atoms with Crippen LogP contribution in [0.4, 0.5) is 0 Å². The van der Waals surface area contributed by atoms with Crippen LogP contribution >= 0.6 is 15.6 Å². The van der Waals surface area contributed by atoms with Crippen LogP contribution in [-0.4, -0.2) is 78.1 Å². The lowest BCUT2D eigenvalue weighted by Gasteiger charge is -2.37. The number of H-pyrrole nitrogens is 1. The number of aliphatic hydroxyl groups excluding tert-OH is 3. The highest BCUT2D eigenvalue weighted by Gasteiger charge is 2.45. The van der Waals surface area contributed by atoms with Crippen molar-refractivity contribution in [1.82, 2.24) is 9.55 Å². The van der Waals surface area contributed by atoms with Gasteiger partial charge in [0.15, 0.2) is 6.29 Å². The van der Waals surface area contributed by atoms with E-state index in [9.17, 15) is 43.8 Å². The molecule has 2 saturated heterocycles. The summed E-state index contributed by atoms with van der Waals surface area (Å²) in [5.41, 5.74) is -1.37. The Bertz CT molecular complexity index is 1170. The number of aryl methyl sites for hydroxylation is 1. The Morgan fingerprint density at radius 2 is 1.83 bits per heavy atom. The molecule has 1 aromatic heterocycles. The largest absolute Gasteiger partial charge is 0.483 e. The molecule has 2 unspecified atom stereocenters. The Hall–Kier alpha value is -1.52. The summed E-state index contributed by atoms with van der Waals surface area (Å²) in [5, 5.41) is 29.9. The molecule has 1 aromatic rings. The average molecular weight is 544 g/mol. The monoisotopic (exact) mass is 544 g/mol. The van der Waals surface area contributed by atoms with Gasteiger partial charge in [0.05, 0.1) is 18.8 Å². The first-order valence-corrected chi connectivity index (χ1v) is 13.1. The molecule has 0 spiro atoms. The van der Waals surface area contributed by atoms with Gasteiger partial charge >= 0.3 is 21.3 Å². The van der Waals surface area contributed by atoms with E-state index in [4.69, 9.17) is 9.47 Å². The molecule has 2 aliphatic heterocycles. The van der Waals surface area contributed by atoms with Crippen molar-refractivity contribution in [2.45, 2.75) is 63.3 Å². The highest BCUT2D eigenvalue weighted by atomic mass is 31.3. The van der Waals surface area contributed by atoms with Crippen LogP contribution < -0.4 is 11.2 Å². The van der Waals surface area contributed by atoms with Crippen molar-refractivity contribution >= 4 is 15.6 Å². The molecule has 3 rings (SSSR count). The first kappa shape index (κ1) is 28.1. The van der Waals surface area contributed by atoms with Crippen LogP contribution in [0.2, 0.25) is 0 Å². The van der Waals surface area contributed by atoms with Crippen LogP contribution in [0.3, 0.4) is 0 Å². The maximum absolute atomic E-state index is 12.2. The van der Waals surface area contributed by atoms with E-state index < -0.39 is 76.5 Å². The smallest absolute Gasteiger partial charge is 0.390 e. The molecule has 2 fully saturated rings. The fraction of sp³-hybridized carbons (Fsp3) is 0.647. The second-order valence-corrected chi connectivity index (χ2v) is 11.0. The average Bonchev–Trinajstić information content (AvgIpc) is 3.11. The summed E-state index contributed by atoms with van der Waals surface area (Å²) < 4.78 is 49.4. The molecular weight excluding hydrogens is 518 g/mol. The summed E-state index contributed by atoms with van der Waals surface area (Å²) in [6.07, 6.45) is -8.35. The van der Waals surface area contributed by atoms with Crippen LogP contribution in [0.1, 0.15) is 25.1 Å². The van der Waals surface area contributed by atoms with E-state index in [1.54, 1.807) is 0 Å². The SMILES string of the molecule is C=C1[C@@H](O)[C@@H](OP(=O)(O)OP(=O)(O)OC[C@H]2O[C@@H](n3cc(C)c(=O)[nH]c3=O)C[C@@H]2O)O[C@H](C)[C@H]1O. The first-order chi connectivity index (χ1) is 16.1. The molecule has 0 aromatic carbocycles. The zero-order chi connectivity index (χ0) is 26.3. The van der Waals surface area contributed by atoms with Gasteiger partial charge in [0.2, 0.25) is 0 Å². The maximum Gasteiger partial charge on any atom is 0.483 e. The molecule has 16 nitrogen and oxygen atoms in total. The number of nitrogens with one attached hydrogen (secondary N) is 1. The highest BCUT2D eigenvalue weighted by molar-refractivity contribution is 7.61. The van der Waals surface area contributed by atoms with Crippen LogP contribution in [0, 0.1) is 6.92 Å². The molecule has 3 heterocycles. The summed E-state index contributed by atoms with van der Waals surface area (Å²) in [6, 6.07) is 0. The molecule has 0 radical (unpaired) electrons. The van der Waals surface area contributed by atoms with Gasteiger partial charge in [-0.3, -0.25) is 23.4 Å². The molecule has 35 heavy (non-hydrogen) atoms. The van der Waals surface area contributed by atoms with Crippen LogP contribution in [0.25, 0.3) is 0 Å². The number of ether oxygens (including phenoxy) is 2. The normalized spacial score (nSPS) is 34.9. The molecule has 2 aliphatic rings. The minimum atomic E-state index is -5.37. The number of phosphoric ester groups is 2. The van der Waals surface area contributed by atoms with Crippen molar-refractivity contribution in [2.75, 3.05) is 6.61 Å². The van der Waals surface area contributed by atoms with E-state index in [1.165, 1.54) is 20.0 Å². The quantitative estimate of drug-likeness (QED) is 0.166. The van der Waals surface area contributed by atoms with E-state index in [-0.39, 0.29) is 17.6 Å². The third-order valence-corrected chi connectivity index (χ3v) is 7.92.